The van der Waals surface area contributed by atoms with Crippen LogP contribution >= 0.6 is 0 Å². The molecule has 8 heteroatoms. The van der Waals surface area contributed by atoms with Crippen molar-refractivity contribution in [2.45, 2.75) is 62.7 Å². The molecule has 3 fully saturated rings. The van der Waals surface area contributed by atoms with E-state index in [4.69, 9.17) is 4.42 Å². The van der Waals surface area contributed by atoms with Crippen LogP contribution in [0, 0.1) is 16.0 Å². The molecule has 1 aliphatic heterocycles. The number of nitrogens with zero attached hydrogens (tertiary/aromatic N) is 3. The summed E-state index contributed by atoms with van der Waals surface area (Å²) in [7, 11) is 0. The molecule has 3 aromatic rings. The third-order valence-electron chi connectivity index (χ3n) is 7.94. The fraction of sp³-hybridized carbons (Fsp3) is 0.444. The van der Waals surface area contributed by atoms with Gasteiger partial charge in [0, 0.05) is 54.1 Å². The molecule has 2 saturated carbocycles. The summed E-state index contributed by atoms with van der Waals surface area (Å²) in [5, 5.41) is 18.6. The van der Waals surface area contributed by atoms with E-state index in [1.807, 2.05) is 42.5 Å². The monoisotopic (exact) mass is 473 g/mol. The minimum atomic E-state index is -0.336. The molecule has 1 aromatic heterocycles. The second-order valence-electron chi connectivity index (χ2n) is 10.1. The molecule has 2 N–H and O–H groups in total. The molecule has 182 valence electrons. The van der Waals surface area contributed by atoms with Crippen molar-refractivity contribution in [2.75, 3.05) is 16.8 Å². The number of benzene rings is 2. The van der Waals surface area contributed by atoms with Gasteiger partial charge in [-0.2, -0.15) is 0 Å². The van der Waals surface area contributed by atoms with Crippen LogP contribution in [0.5, 0.6) is 0 Å². The summed E-state index contributed by atoms with van der Waals surface area (Å²) in [6, 6.07) is 19.1. The van der Waals surface area contributed by atoms with E-state index in [0.29, 0.717) is 30.1 Å². The third kappa shape index (κ3) is 4.50. The van der Waals surface area contributed by atoms with E-state index in [0.717, 1.165) is 36.4 Å². The topological polar surface area (TPSA) is 96.5 Å². The van der Waals surface area contributed by atoms with Gasteiger partial charge in [0.25, 0.3) is 11.7 Å². The molecule has 6 rings (SSSR count). The van der Waals surface area contributed by atoms with Crippen LogP contribution in [-0.2, 0) is 0 Å². The number of aromatic nitrogens is 1. The normalized spacial score (nSPS) is 27.8. The highest BCUT2D eigenvalue weighted by Gasteiger charge is 2.46. The summed E-state index contributed by atoms with van der Waals surface area (Å²) in [6.07, 6.45) is 8.81. The number of nitro benzene ring substituents is 1. The Balaban J connectivity index is 1.13. The Morgan fingerprint density at radius 2 is 1.74 bits per heavy atom. The average Bonchev–Trinajstić information content (AvgIpc) is 3.62. The van der Waals surface area contributed by atoms with Crippen molar-refractivity contribution in [1.29, 1.82) is 0 Å². The quantitative estimate of drug-likeness (QED) is 0.358. The van der Waals surface area contributed by atoms with E-state index < -0.39 is 0 Å². The number of piperidine rings is 1. The Bertz CT molecular complexity index is 1170. The zero-order valence-electron chi connectivity index (χ0n) is 19.7. The maximum atomic E-state index is 11.0. The fourth-order valence-corrected chi connectivity index (χ4v) is 6.28. The Labute approximate surface area is 204 Å². The van der Waals surface area contributed by atoms with Crippen molar-refractivity contribution >= 4 is 17.4 Å². The number of anilines is 2. The summed E-state index contributed by atoms with van der Waals surface area (Å²) in [4.78, 5) is 17.6. The van der Waals surface area contributed by atoms with Crippen LogP contribution in [0.1, 0.15) is 38.5 Å². The van der Waals surface area contributed by atoms with Crippen molar-refractivity contribution in [3.63, 3.8) is 0 Å². The fourth-order valence-electron chi connectivity index (χ4n) is 6.28. The van der Waals surface area contributed by atoms with Crippen molar-refractivity contribution < 1.29 is 9.34 Å². The van der Waals surface area contributed by atoms with Crippen LogP contribution in [0.25, 0.3) is 11.3 Å². The number of hydrogen-bond donors (Lipinski definition) is 2. The number of non-ortho nitro benzene ring substituents is 1. The Kier molecular flexibility index (Phi) is 5.90. The zero-order valence-corrected chi connectivity index (χ0v) is 19.7. The maximum Gasteiger partial charge on any atom is 0.295 e. The standard InChI is InChI=1S/C27H31N5O3/c33-32(34)21-12-10-20(11-13-21)31-17-18-14-24(25(31)15-18)29-22-8-4-5-9-23(22)30-27-28-16-26(35-27)19-6-2-1-3-7-19/h1-3,6-7,10-13,16,18,22-25,29H,4-5,8-9,14-15,17H2,(H,28,30)/t18-,22-,23-,24+,25-/m1/s1. The second-order valence-corrected chi connectivity index (χ2v) is 10.1. The molecular formula is C27H31N5O3. The van der Waals surface area contributed by atoms with E-state index in [1.54, 1.807) is 18.3 Å². The first-order valence-corrected chi connectivity index (χ1v) is 12.7. The van der Waals surface area contributed by atoms with Gasteiger partial charge >= 0.3 is 0 Å². The summed E-state index contributed by atoms with van der Waals surface area (Å²) in [5.74, 6) is 1.45. The van der Waals surface area contributed by atoms with E-state index in [9.17, 15) is 10.1 Å². The highest BCUT2D eigenvalue weighted by molar-refractivity contribution is 5.57. The van der Waals surface area contributed by atoms with Gasteiger partial charge in [0.15, 0.2) is 5.76 Å². The van der Waals surface area contributed by atoms with Gasteiger partial charge in [-0.15, -0.1) is 0 Å². The van der Waals surface area contributed by atoms with Gasteiger partial charge in [0.05, 0.1) is 11.1 Å². The largest absolute Gasteiger partial charge is 0.424 e. The molecule has 3 aliphatic rings. The molecule has 0 unspecified atom stereocenters. The van der Waals surface area contributed by atoms with Crippen LogP contribution in [0.2, 0.25) is 0 Å². The number of oxazole rings is 1. The van der Waals surface area contributed by atoms with Crippen molar-refractivity contribution in [1.82, 2.24) is 10.3 Å². The molecule has 8 nitrogen and oxygen atoms in total. The van der Waals surface area contributed by atoms with Crippen LogP contribution in [0.3, 0.4) is 0 Å². The zero-order chi connectivity index (χ0) is 23.8. The third-order valence-corrected chi connectivity index (χ3v) is 7.94. The molecule has 2 heterocycles. The van der Waals surface area contributed by atoms with Crippen molar-refractivity contribution in [2.24, 2.45) is 5.92 Å². The summed E-state index contributed by atoms with van der Waals surface area (Å²) < 4.78 is 6.04. The van der Waals surface area contributed by atoms with Crippen LogP contribution < -0.4 is 15.5 Å². The van der Waals surface area contributed by atoms with Gasteiger partial charge in [-0.1, -0.05) is 43.2 Å². The molecule has 0 spiro atoms. The molecule has 0 amide bonds. The predicted molar refractivity (Wildman–Crippen MR) is 135 cm³/mol. The van der Waals surface area contributed by atoms with E-state index in [2.05, 4.69) is 20.5 Å². The highest BCUT2D eigenvalue weighted by atomic mass is 16.6. The molecule has 0 radical (unpaired) electrons. The molecule has 5 atom stereocenters. The lowest BCUT2D eigenvalue weighted by atomic mass is 9.89. The van der Waals surface area contributed by atoms with Crippen LogP contribution in [-0.4, -0.2) is 40.6 Å². The SMILES string of the molecule is O=[N+]([O-])c1ccc(N2C[C@@H]3C[C@H](N[C@@H]4CCCC[C@H]4Nc4ncc(-c5ccccc5)o4)[C@H]2C3)cc1. The first kappa shape index (κ1) is 22.1. The van der Waals surface area contributed by atoms with E-state index in [-0.39, 0.29) is 16.7 Å². The van der Waals surface area contributed by atoms with Gasteiger partial charge in [-0.25, -0.2) is 4.98 Å². The number of nitrogens with one attached hydrogen (secondary N) is 2. The summed E-state index contributed by atoms with van der Waals surface area (Å²) in [5.41, 5.74) is 2.26. The average molecular weight is 474 g/mol. The van der Waals surface area contributed by atoms with Crippen molar-refractivity contribution in [3.8, 4) is 11.3 Å². The second kappa shape index (κ2) is 9.34. The molecule has 35 heavy (non-hydrogen) atoms. The predicted octanol–water partition coefficient (Wildman–Crippen LogP) is 5.23. The molecule has 2 bridgehead atoms. The van der Waals surface area contributed by atoms with E-state index >= 15 is 0 Å². The lowest BCUT2D eigenvalue weighted by Gasteiger charge is -2.40. The summed E-state index contributed by atoms with van der Waals surface area (Å²) >= 11 is 0. The lowest BCUT2D eigenvalue weighted by molar-refractivity contribution is -0.384. The van der Waals surface area contributed by atoms with E-state index in [1.165, 1.54) is 25.7 Å². The van der Waals surface area contributed by atoms with Crippen LogP contribution in [0.4, 0.5) is 17.4 Å². The van der Waals surface area contributed by atoms with Gasteiger partial charge < -0.3 is 20.0 Å². The Hall–Kier alpha value is -3.39. The summed E-state index contributed by atoms with van der Waals surface area (Å²) in [6.45, 7) is 1.03. The number of hydrogen-bond acceptors (Lipinski definition) is 7. The van der Waals surface area contributed by atoms with Gasteiger partial charge in [0.2, 0.25) is 0 Å². The molecule has 1 saturated heterocycles. The number of fused-ring (bicyclic) bond motifs is 2. The first-order chi connectivity index (χ1) is 17.1. The molecular weight excluding hydrogens is 442 g/mol. The highest BCUT2D eigenvalue weighted by Crippen LogP contribution is 2.41. The van der Waals surface area contributed by atoms with Crippen molar-refractivity contribution in [3.05, 3.63) is 70.9 Å². The maximum absolute atomic E-state index is 11.0. The lowest BCUT2D eigenvalue weighted by Crippen LogP contribution is -2.56. The minimum Gasteiger partial charge on any atom is -0.424 e. The smallest absolute Gasteiger partial charge is 0.295 e. The Morgan fingerprint density at radius 3 is 2.49 bits per heavy atom. The number of nitro groups is 1. The van der Waals surface area contributed by atoms with Gasteiger partial charge in [0.1, 0.15) is 0 Å². The molecule has 2 aliphatic carbocycles. The van der Waals surface area contributed by atoms with Crippen LogP contribution in [0.15, 0.2) is 65.2 Å². The van der Waals surface area contributed by atoms with Gasteiger partial charge in [-0.3, -0.25) is 10.1 Å². The first-order valence-electron chi connectivity index (χ1n) is 12.7. The molecule has 2 aromatic carbocycles. The van der Waals surface area contributed by atoms with Gasteiger partial charge in [-0.05, 0) is 43.7 Å². The Morgan fingerprint density at radius 1 is 0.971 bits per heavy atom. The number of rotatable bonds is 7. The minimum absolute atomic E-state index is 0.144.